The Morgan fingerprint density at radius 3 is 2.28 bits per heavy atom. The van der Waals surface area contributed by atoms with Gasteiger partial charge in [-0.2, -0.15) is 11.8 Å². The number of hydrogen-bond acceptors (Lipinski definition) is 7. The van der Waals surface area contributed by atoms with Gasteiger partial charge in [0.05, 0.1) is 12.5 Å². The number of H-pyrrole nitrogens is 1. The summed E-state index contributed by atoms with van der Waals surface area (Å²) < 4.78 is 0. The fourth-order valence-corrected chi connectivity index (χ4v) is 4.47. The van der Waals surface area contributed by atoms with Gasteiger partial charge in [0.25, 0.3) is 0 Å². The van der Waals surface area contributed by atoms with E-state index in [2.05, 4.69) is 20.9 Å². The minimum atomic E-state index is -1.36. The Balaban J connectivity index is 2.33. The molecule has 2 aromatic rings. The Morgan fingerprint density at radius 2 is 1.67 bits per heavy atom. The van der Waals surface area contributed by atoms with E-state index >= 15 is 0 Å². The van der Waals surface area contributed by atoms with E-state index in [0.717, 1.165) is 16.5 Å². The van der Waals surface area contributed by atoms with E-state index in [-0.39, 0.29) is 18.8 Å². The Bertz CT molecular complexity index is 1170. The van der Waals surface area contributed by atoms with E-state index in [0.29, 0.717) is 12.2 Å². The molecule has 12 nitrogen and oxygen atoms in total. The minimum absolute atomic E-state index is 0.0517. The number of aromatic nitrogens is 1. The molecule has 5 unspecified atom stereocenters. The summed E-state index contributed by atoms with van der Waals surface area (Å²) in [6, 6.07) is 2.65. The third-order valence-electron chi connectivity index (χ3n) is 6.48. The fraction of sp³-hybridized carbons (Fsp3) is 0.500. The third-order valence-corrected chi connectivity index (χ3v) is 7.13. The van der Waals surface area contributed by atoms with Crippen LogP contribution in [0.5, 0.6) is 0 Å². The van der Waals surface area contributed by atoms with Crippen molar-refractivity contribution in [3.63, 3.8) is 0 Å². The van der Waals surface area contributed by atoms with E-state index in [9.17, 15) is 29.1 Å². The summed E-state index contributed by atoms with van der Waals surface area (Å²) in [4.78, 5) is 65.1. The van der Waals surface area contributed by atoms with E-state index in [1.54, 1.807) is 13.1 Å². The highest BCUT2D eigenvalue weighted by Gasteiger charge is 2.33. The number of benzene rings is 1. The van der Waals surface area contributed by atoms with Crippen LogP contribution in [0, 0.1) is 5.92 Å². The van der Waals surface area contributed by atoms with Crippen molar-refractivity contribution in [3.05, 3.63) is 36.0 Å². The van der Waals surface area contributed by atoms with Crippen molar-refractivity contribution in [2.45, 2.75) is 63.7 Å². The molecule has 214 valence electrons. The first kappa shape index (κ1) is 31.6. The van der Waals surface area contributed by atoms with E-state index in [1.165, 1.54) is 11.8 Å². The number of aliphatic carboxylic acids is 2. The van der Waals surface area contributed by atoms with Crippen molar-refractivity contribution in [2.24, 2.45) is 11.7 Å². The van der Waals surface area contributed by atoms with Crippen LogP contribution in [0.15, 0.2) is 30.5 Å². The van der Waals surface area contributed by atoms with Crippen molar-refractivity contribution in [2.75, 3.05) is 12.0 Å². The van der Waals surface area contributed by atoms with Crippen LogP contribution in [-0.2, 0) is 30.4 Å². The van der Waals surface area contributed by atoms with Crippen LogP contribution >= 0.6 is 11.8 Å². The Hall–Kier alpha value is -3.58. The molecule has 0 fully saturated rings. The molecule has 0 saturated heterocycles. The van der Waals surface area contributed by atoms with Crippen LogP contribution in [-0.4, -0.2) is 81.0 Å². The maximum atomic E-state index is 13.4. The number of carbonyl (C=O) groups excluding carboxylic acids is 3. The maximum absolute atomic E-state index is 13.4. The number of carboxylic acids is 2. The third kappa shape index (κ3) is 9.29. The van der Waals surface area contributed by atoms with E-state index in [1.807, 2.05) is 37.4 Å². The molecule has 0 aliphatic carbocycles. The van der Waals surface area contributed by atoms with Crippen LogP contribution < -0.4 is 21.7 Å². The van der Waals surface area contributed by atoms with Gasteiger partial charge in [-0.1, -0.05) is 38.5 Å². The molecule has 3 amide bonds. The highest BCUT2D eigenvalue weighted by molar-refractivity contribution is 7.98. The lowest BCUT2D eigenvalue weighted by atomic mass is 9.96. The first-order valence-corrected chi connectivity index (χ1v) is 14.0. The number of aromatic amines is 1. The quantitative estimate of drug-likeness (QED) is 0.154. The molecule has 8 N–H and O–H groups in total. The normalized spacial score (nSPS) is 15.0. The molecule has 1 aromatic carbocycles. The van der Waals surface area contributed by atoms with Gasteiger partial charge in [-0.15, -0.1) is 0 Å². The SMILES string of the molecule is CCC(C)C(NC(=O)C(N)CC(=O)O)C(=O)NC(Cc1c[nH]c2ccccc12)C(=O)NC(CCSC)C(=O)O. The van der Waals surface area contributed by atoms with Gasteiger partial charge in [0.2, 0.25) is 17.7 Å². The summed E-state index contributed by atoms with van der Waals surface area (Å²) in [5.74, 6) is -4.47. The Kier molecular flexibility index (Phi) is 12.3. The second kappa shape index (κ2) is 15.1. The molecule has 0 bridgehead atoms. The molecule has 0 aliphatic heterocycles. The van der Waals surface area contributed by atoms with Gasteiger partial charge in [0.1, 0.15) is 18.1 Å². The molecule has 1 aromatic heterocycles. The van der Waals surface area contributed by atoms with Gasteiger partial charge >= 0.3 is 11.9 Å². The molecule has 0 spiro atoms. The average Bonchev–Trinajstić information content (AvgIpc) is 3.30. The zero-order valence-electron chi connectivity index (χ0n) is 22.2. The fourth-order valence-electron chi connectivity index (χ4n) is 4.00. The van der Waals surface area contributed by atoms with Crippen LogP contribution in [0.4, 0.5) is 0 Å². The number of para-hydroxylation sites is 1. The monoisotopic (exact) mass is 563 g/mol. The van der Waals surface area contributed by atoms with Crippen LogP contribution in [0.25, 0.3) is 10.9 Å². The number of amides is 3. The summed E-state index contributed by atoms with van der Waals surface area (Å²) in [5, 5.41) is 27.1. The van der Waals surface area contributed by atoms with Crippen molar-refractivity contribution in [3.8, 4) is 0 Å². The van der Waals surface area contributed by atoms with Crippen LogP contribution in [0.3, 0.4) is 0 Å². The summed E-state index contributed by atoms with van der Waals surface area (Å²) >= 11 is 1.44. The lowest BCUT2D eigenvalue weighted by Crippen LogP contribution is -2.59. The average molecular weight is 564 g/mol. The summed E-state index contributed by atoms with van der Waals surface area (Å²) in [6.45, 7) is 3.54. The van der Waals surface area contributed by atoms with E-state index in [4.69, 9.17) is 10.8 Å². The number of rotatable bonds is 16. The molecule has 0 radical (unpaired) electrons. The first-order valence-electron chi connectivity index (χ1n) is 12.6. The maximum Gasteiger partial charge on any atom is 0.326 e. The van der Waals surface area contributed by atoms with Crippen molar-refractivity contribution in [1.82, 2.24) is 20.9 Å². The van der Waals surface area contributed by atoms with E-state index < -0.39 is 60.2 Å². The summed E-state index contributed by atoms with van der Waals surface area (Å²) in [7, 11) is 0. The number of carbonyl (C=O) groups is 5. The van der Waals surface area contributed by atoms with Crippen LogP contribution in [0.1, 0.15) is 38.7 Å². The number of fused-ring (bicyclic) bond motifs is 1. The molecular formula is C26H37N5O7S. The predicted octanol–water partition coefficient (Wildman–Crippen LogP) is 0.851. The standard InChI is InChI=1S/C26H37N5O7S/c1-4-14(2)22(31-23(34)17(27)12-21(32)33)25(36)30-20(24(35)29-19(26(37)38)9-10-39-3)11-15-13-28-18-8-6-5-7-16(15)18/h5-8,13-14,17,19-20,22,28H,4,9-12,27H2,1-3H3,(H,29,35)(H,30,36)(H,31,34)(H,32,33)(H,37,38). The predicted molar refractivity (Wildman–Crippen MR) is 148 cm³/mol. The molecule has 1 heterocycles. The smallest absolute Gasteiger partial charge is 0.326 e. The van der Waals surface area contributed by atoms with Crippen molar-refractivity contribution >= 4 is 52.3 Å². The number of hydrogen-bond donors (Lipinski definition) is 7. The highest BCUT2D eigenvalue weighted by atomic mass is 32.2. The second-order valence-corrected chi connectivity index (χ2v) is 10.4. The number of nitrogens with two attached hydrogens (primary N) is 1. The lowest BCUT2D eigenvalue weighted by molar-refractivity contribution is -0.142. The molecule has 13 heteroatoms. The number of thioether (sulfide) groups is 1. The molecule has 0 saturated carbocycles. The first-order chi connectivity index (χ1) is 18.5. The topological polar surface area (TPSA) is 204 Å². The molecule has 0 aliphatic rings. The second-order valence-electron chi connectivity index (χ2n) is 9.38. The minimum Gasteiger partial charge on any atom is -0.481 e. The molecule has 39 heavy (non-hydrogen) atoms. The molecule has 5 atom stereocenters. The Labute approximate surface area is 230 Å². The Morgan fingerprint density at radius 1 is 1.00 bits per heavy atom. The van der Waals surface area contributed by atoms with Gasteiger partial charge in [-0.25, -0.2) is 4.79 Å². The summed E-state index contributed by atoms with van der Waals surface area (Å²) in [5.41, 5.74) is 7.24. The summed E-state index contributed by atoms with van der Waals surface area (Å²) in [6.07, 6.45) is 3.67. The van der Waals surface area contributed by atoms with Gasteiger partial charge in [0, 0.05) is 23.5 Å². The highest BCUT2D eigenvalue weighted by Crippen LogP contribution is 2.20. The lowest BCUT2D eigenvalue weighted by Gasteiger charge is -2.28. The number of nitrogens with one attached hydrogen (secondary N) is 4. The van der Waals surface area contributed by atoms with Gasteiger partial charge in [-0.05, 0) is 36.0 Å². The number of carboxylic acid groups (broad SMARTS) is 2. The molecule has 2 rings (SSSR count). The molecular weight excluding hydrogens is 526 g/mol. The zero-order valence-corrected chi connectivity index (χ0v) is 23.0. The zero-order chi connectivity index (χ0) is 29.1. The van der Waals surface area contributed by atoms with Crippen LogP contribution in [0.2, 0.25) is 0 Å². The van der Waals surface area contributed by atoms with Gasteiger partial charge in [-0.3, -0.25) is 19.2 Å². The van der Waals surface area contributed by atoms with Crippen molar-refractivity contribution in [1.29, 1.82) is 0 Å². The van der Waals surface area contributed by atoms with Crippen molar-refractivity contribution < 1.29 is 34.2 Å². The van der Waals surface area contributed by atoms with Gasteiger partial charge < -0.3 is 36.9 Å². The van der Waals surface area contributed by atoms with Gasteiger partial charge in [0.15, 0.2) is 0 Å². The largest absolute Gasteiger partial charge is 0.481 e.